The molecular weight excluding hydrogens is 558 g/mol. The van der Waals surface area contributed by atoms with Crippen molar-refractivity contribution in [2.75, 3.05) is 11.1 Å². The van der Waals surface area contributed by atoms with Gasteiger partial charge in [0.1, 0.15) is 18.0 Å². The highest BCUT2D eigenvalue weighted by Gasteiger charge is 2.43. The molecule has 0 bridgehead atoms. The number of aromatic nitrogens is 2. The first-order valence-corrected chi connectivity index (χ1v) is 15.2. The first-order chi connectivity index (χ1) is 20.0. The summed E-state index contributed by atoms with van der Waals surface area (Å²) >= 11 is 2.79. The maximum Gasteiger partial charge on any atom is 0.412 e. The fourth-order valence-corrected chi connectivity index (χ4v) is 6.57. The van der Waals surface area contributed by atoms with Crippen molar-refractivity contribution in [2.24, 2.45) is 0 Å². The summed E-state index contributed by atoms with van der Waals surface area (Å²) in [6.07, 6.45) is 4.87. The molecule has 1 saturated carbocycles. The molecule has 1 aliphatic carbocycles. The van der Waals surface area contributed by atoms with Crippen LogP contribution >= 0.6 is 23.1 Å². The molecule has 4 aromatic rings. The normalized spacial score (nSPS) is 18.1. The van der Waals surface area contributed by atoms with Gasteiger partial charge in [-0.05, 0) is 36.6 Å². The Labute approximate surface area is 245 Å². The fraction of sp³-hybridized carbons (Fsp3) is 0.233. The number of thioether (sulfide) groups is 1. The van der Waals surface area contributed by atoms with Crippen molar-refractivity contribution in [1.82, 2.24) is 20.2 Å². The molecule has 2 aromatic heterocycles. The molecule has 1 saturated heterocycles. The van der Waals surface area contributed by atoms with Gasteiger partial charge in [-0.25, -0.2) is 9.78 Å². The Kier molecular flexibility index (Phi) is 7.97. The highest BCUT2D eigenvalue weighted by atomic mass is 32.2. The summed E-state index contributed by atoms with van der Waals surface area (Å²) in [6, 6.07) is 19.9. The lowest BCUT2D eigenvalue weighted by Gasteiger charge is -2.27. The van der Waals surface area contributed by atoms with Gasteiger partial charge in [-0.1, -0.05) is 48.5 Å². The van der Waals surface area contributed by atoms with Crippen molar-refractivity contribution in [2.45, 2.75) is 36.9 Å². The number of pyridine rings is 1. The van der Waals surface area contributed by atoms with E-state index in [0.29, 0.717) is 28.2 Å². The van der Waals surface area contributed by atoms with Crippen LogP contribution in [0.25, 0.3) is 11.3 Å². The van der Waals surface area contributed by atoms with Crippen LogP contribution in [0, 0.1) is 0 Å². The van der Waals surface area contributed by atoms with E-state index in [1.807, 2.05) is 53.9 Å². The minimum atomic E-state index is -0.759. The van der Waals surface area contributed by atoms with E-state index in [2.05, 4.69) is 20.6 Å². The molecule has 2 N–H and O–H groups in total. The fourth-order valence-electron chi connectivity index (χ4n) is 4.45. The number of amides is 3. The van der Waals surface area contributed by atoms with E-state index in [1.165, 1.54) is 28.0 Å². The number of anilines is 1. The lowest BCUT2D eigenvalue weighted by Crippen LogP contribution is -2.45. The lowest BCUT2D eigenvalue weighted by molar-refractivity contribution is -0.120. The van der Waals surface area contributed by atoms with Gasteiger partial charge in [0.15, 0.2) is 5.13 Å². The molecule has 2 atom stereocenters. The van der Waals surface area contributed by atoms with Gasteiger partial charge in [-0.15, -0.1) is 23.1 Å². The van der Waals surface area contributed by atoms with Crippen molar-refractivity contribution in [1.29, 1.82) is 0 Å². The van der Waals surface area contributed by atoms with Gasteiger partial charge in [-0.3, -0.25) is 19.5 Å². The number of thiazole rings is 1. The number of carbonyl (C=O) groups excluding carboxylic acids is 3. The predicted octanol–water partition coefficient (Wildman–Crippen LogP) is 5.49. The molecule has 3 heterocycles. The summed E-state index contributed by atoms with van der Waals surface area (Å²) in [6.45, 7) is 0.103. The minimum Gasteiger partial charge on any atom is -0.444 e. The Morgan fingerprint density at radius 2 is 1.80 bits per heavy atom. The van der Waals surface area contributed by atoms with Crippen LogP contribution in [-0.2, 0) is 16.1 Å². The largest absolute Gasteiger partial charge is 0.444 e. The van der Waals surface area contributed by atoms with E-state index in [1.54, 1.807) is 30.6 Å². The standard InChI is InChI=1S/C30H27N5O4S2/c36-26(32-23-12-13-23)21-10-8-20(9-11-21)24-17-41-29(33-24)34-27(37)25-18-40-28(22-7-4-14-31-15-22)35(25)30(38)39-16-19-5-2-1-3-6-19/h1-11,14-15,17,23,25,28H,12-13,16,18H2,(H,32,36)(H,33,34,37)/t25-,28-/m0/s1. The molecule has 0 spiro atoms. The van der Waals surface area contributed by atoms with E-state index >= 15 is 0 Å². The number of nitrogens with zero attached hydrogens (tertiary/aromatic N) is 3. The molecule has 2 fully saturated rings. The van der Waals surface area contributed by atoms with Crippen LogP contribution in [0.1, 0.15) is 39.7 Å². The Hall–Kier alpha value is -4.22. The topological polar surface area (TPSA) is 114 Å². The van der Waals surface area contributed by atoms with Gasteiger partial charge in [0.2, 0.25) is 5.91 Å². The van der Waals surface area contributed by atoms with Crippen LogP contribution in [0.4, 0.5) is 9.93 Å². The highest BCUT2D eigenvalue weighted by Crippen LogP contribution is 2.42. The molecule has 0 radical (unpaired) electrons. The second-order valence-electron chi connectivity index (χ2n) is 9.79. The van der Waals surface area contributed by atoms with Crippen molar-refractivity contribution in [3.63, 3.8) is 0 Å². The van der Waals surface area contributed by atoms with Crippen molar-refractivity contribution in [3.8, 4) is 11.3 Å². The molecule has 2 aliphatic rings. The second kappa shape index (κ2) is 12.1. The molecule has 9 nitrogen and oxygen atoms in total. The van der Waals surface area contributed by atoms with Crippen LogP contribution in [0.3, 0.4) is 0 Å². The SMILES string of the molecule is O=C(NC1CC1)c1ccc(-c2csc(NC(=O)[C@@H]3CS[C@@H](c4cccnc4)N3C(=O)OCc3ccccc3)n2)cc1. The summed E-state index contributed by atoms with van der Waals surface area (Å²) in [7, 11) is 0. The van der Waals surface area contributed by atoms with Crippen LogP contribution < -0.4 is 10.6 Å². The zero-order valence-electron chi connectivity index (χ0n) is 21.9. The maximum absolute atomic E-state index is 13.5. The Morgan fingerprint density at radius 3 is 2.54 bits per heavy atom. The van der Waals surface area contributed by atoms with Gasteiger partial charge in [-0.2, -0.15) is 0 Å². The van der Waals surface area contributed by atoms with Gasteiger partial charge < -0.3 is 15.4 Å². The van der Waals surface area contributed by atoms with Crippen molar-refractivity contribution < 1.29 is 19.1 Å². The first-order valence-electron chi connectivity index (χ1n) is 13.2. The molecule has 6 rings (SSSR count). The second-order valence-corrected chi connectivity index (χ2v) is 11.8. The van der Waals surface area contributed by atoms with Crippen molar-refractivity contribution >= 4 is 46.1 Å². The van der Waals surface area contributed by atoms with Crippen LogP contribution in [0.2, 0.25) is 0 Å². The summed E-state index contributed by atoms with van der Waals surface area (Å²) < 4.78 is 5.64. The van der Waals surface area contributed by atoms with Gasteiger partial charge in [0.05, 0.1) is 5.69 Å². The maximum atomic E-state index is 13.5. The zero-order valence-corrected chi connectivity index (χ0v) is 23.6. The Morgan fingerprint density at radius 1 is 1.00 bits per heavy atom. The van der Waals surface area contributed by atoms with Crippen molar-refractivity contribution in [3.05, 3.63) is 101 Å². The Bertz CT molecular complexity index is 1530. The number of hydrogen-bond donors (Lipinski definition) is 2. The summed E-state index contributed by atoms with van der Waals surface area (Å²) in [4.78, 5) is 49.4. The third kappa shape index (κ3) is 6.41. The minimum absolute atomic E-state index is 0.0730. The molecule has 0 unspecified atom stereocenters. The molecule has 3 amide bonds. The summed E-state index contributed by atoms with van der Waals surface area (Å²) in [5.74, 6) is -0.0150. The first kappa shape index (κ1) is 27.0. The molecule has 2 aromatic carbocycles. The van der Waals surface area contributed by atoms with E-state index < -0.39 is 17.5 Å². The van der Waals surface area contributed by atoms with E-state index in [0.717, 1.165) is 29.5 Å². The van der Waals surface area contributed by atoms with Crippen LogP contribution in [-0.4, -0.2) is 50.6 Å². The smallest absolute Gasteiger partial charge is 0.412 e. The average Bonchev–Trinajstić information content (AvgIpc) is 3.51. The number of carbonyl (C=O) groups is 3. The van der Waals surface area contributed by atoms with E-state index in [-0.39, 0.29) is 18.4 Å². The zero-order chi connectivity index (χ0) is 28.2. The van der Waals surface area contributed by atoms with Gasteiger partial charge in [0, 0.05) is 46.3 Å². The quantitative estimate of drug-likeness (QED) is 0.281. The van der Waals surface area contributed by atoms with Gasteiger partial charge >= 0.3 is 6.09 Å². The third-order valence-corrected chi connectivity index (χ3v) is 8.86. The Balaban J connectivity index is 1.14. The number of hydrogen-bond acceptors (Lipinski definition) is 8. The molecule has 11 heteroatoms. The molecule has 1 aliphatic heterocycles. The number of nitrogens with one attached hydrogen (secondary N) is 2. The summed E-state index contributed by atoms with van der Waals surface area (Å²) in [5, 5.41) is 7.73. The van der Waals surface area contributed by atoms with E-state index in [4.69, 9.17) is 4.74 Å². The molecule has 208 valence electrons. The highest BCUT2D eigenvalue weighted by molar-refractivity contribution is 7.99. The summed E-state index contributed by atoms with van der Waals surface area (Å²) in [5.41, 5.74) is 3.80. The number of rotatable bonds is 8. The van der Waals surface area contributed by atoms with Gasteiger partial charge in [0.25, 0.3) is 5.91 Å². The number of ether oxygens (including phenoxy) is 1. The molecule has 41 heavy (non-hydrogen) atoms. The van der Waals surface area contributed by atoms with Crippen LogP contribution in [0.15, 0.2) is 84.5 Å². The number of benzene rings is 2. The molecular formula is C30H27N5O4S2. The third-order valence-electron chi connectivity index (χ3n) is 6.78. The van der Waals surface area contributed by atoms with Crippen LogP contribution in [0.5, 0.6) is 0 Å². The monoisotopic (exact) mass is 585 g/mol. The average molecular weight is 586 g/mol. The van der Waals surface area contributed by atoms with E-state index in [9.17, 15) is 14.4 Å². The predicted molar refractivity (Wildman–Crippen MR) is 158 cm³/mol. The lowest BCUT2D eigenvalue weighted by atomic mass is 10.1.